The van der Waals surface area contributed by atoms with Crippen molar-refractivity contribution < 1.29 is 9.53 Å². The topological polar surface area (TPSA) is 45.7 Å². The Labute approximate surface area is 139 Å². The molecular weight excluding hydrogens is 290 g/mol. The van der Waals surface area contributed by atoms with Crippen LogP contribution in [-0.2, 0) is 4.74 Å². The average Bonchev–Trinajstić information content (AvgIpc) is 2.97. The minimum absolute atomic E-state index is 0.0501. The number of nitrogens with zero attached hydrogens (tertiary/aromatic N) is 3. The molecule has 1 aromatic heterocycles. The summed E-state index contributed by atoms with van der Waals surface area (Å²) in [4.78, 5) is 21.2. The lowest BCUT2D eigenvalue weighted by atomic mass is 10.0. The van der Waals surface area contributed by atoms with Gasteiger partial charge in [-0.3, -0.25) is 0 Å². The molecular formula is C18H29N3O2. The van der Waals surface area contributed by atoms with Crippen LogP contribution in [0.5, 0.6) is 0 Å². The van der Waals surface area contributed by atoms with Gasteiger partial charge in [0, 0.05) is 31.4 Å². The molecule has 0 aliphatic carbocycles. The van der Waals surface area contributed by atoms with Gasteiger partial charge in [-0.1, -0.05) is 6.07 Å². The van der Waals surface area contributed by atoms with Gasteiger partial charge in [0.25, 0.3) is 0 Å². The molecule has 23 heavy (non-hydrogen) atoms. The third-order valence-electron chi connectivity index (χ3n) is 4.12. The fraction of sp³-hybridized carbons (Fsp3) is 0.667. The summed E-state index contributed by atoms with van der Waals surface area (Å²) >= 11 is 0. The van der Waals surface area contributed by atoms with E-state index in [9.17, 15) is 4.79 Å². The van der Waals surface area contributed by atoms with Gasteiger partial charge >= 0.3 is 6.09 Å². The Hall–Kier alpha value is -1.78. The Morgan fingerprint density at radius 3 is 2.70 bits per heavy atom. The molecule has 0 bridgehead atoms. The van der Waals surface area contributed by atoms with Crippen LogP contribution in [0.2, 0.25) is 0 Å². The van der Waals surface area contributed by atoms with Gasteiger partial charge in [-0.25, -0.2) is 9.78 Å². The van der Waals surface area contributed by atoms with Gasteiger partial charge in [-0.05, 0) is 53.5 Å². The van der Waals surface area contributed by atoms with Crippen molar-refractivity contribution in [3.05, 3.63) is 23.9 Å². The van der Waals surface area contributed by atoms with Gasteiger partial charge in [0.2, 0.25) is 0 Å². The van der Waals surface area contributed by atoms with Gasteiger partial charge in [0.15, 0.2) is 0 Å². The Bertz CT molecular complexity index is 535. The van der Waals surface area contributed by atoms with Crippen LogP contribution in [0.3, 0.4) is 0 Å². The lowest BCUT2D eigenvalue weighted by Gasteiger charge is -2.31. The molecule has 0 radical (unpaired) electrons. The van der Waals surface area contributed by atoms with E-state index in [1.165, 1.54) is 0 Å². The molecule has 0 N–H and O–H groups in total. The molecule has 1 saturated heterocycles. The maximum absolute atomic E-state index is 12.5. The van der Waals surface area contributed by atoms with Crippen LogP contribution in [0, 0.1) is 0 Å². The third-order valence-corrected chi connectivity index (χ3v) is 4.12. The lowest BCUT2D eigenvalue weighted by molar-refractivity contribution is 0.0224. The van der Waals surface area contributed by atoms with Crippen molar-refractivity contribution in [3.8, 4) is 0 Å². The first kappa shape index (κ1) is 17.6. The Kier molecular flexibility index (Phi) is 5.50. The summed E-state index contributed by atoms with van der Waals surface area (Å²) in [6, 6.07) is 4.09. The fourth-order valence-electron chi connectivity index (χ4n) is 3.09. The SMILES string of the molecule is CCN(CC)c1ncccc1[C@@H]1CCCN1C(=O)OC(C)(C)C. The lowest BCUT2D eigenvalue weighted by Crippen LogP contribution is -2.37. The van der Waals surface area contributed by atoms with Crippen molar-refractivity contribution in [2.75, 3.05) is 24.5 Å². The molecule has 5 nitrogen and oxygen atoms in total. The van der Waals surface area contributed by atoms with Gasteiger partial charge in [0.1, 0.15) is 11.4 Å². The molecule has 0 aromatic carbocycles. The number of amides is 1. The molecule has 5 heteroatoms. The maximum Gasteiger partial charge on any atom is 0.410 e. The molecule has 0 unspecified atom stereocenters. The fourth-order valence-corrected chi connectivity index (χ4v) is 3.09. The van der Waals surface area contributed by atoms with E-state index in [1.807, 2.05) is 37.9 Å². The highest BCUT2D eigenvalue weighted by atomic mass is 16.6. The predicted octanol–water partition coefficient (Wildman–Crippen LogP) is 4.00. The van der Waals surface area contributed by atoms with Crippen LogP contribution in [0.25, 0.3) is 0 Å². The van der Waals surface area contributed by atoms with Crippen molar-refractivity contribution in [3.63, 3.8) is 0 Å². The predicted molar refractivity (Wildman–Crippen MR) is 92.7 cm³/mol. The number of likely N-dealkylation sites (tertiary alicyclic amines) is 1. The van der Waals surface area contributed by atoms with Crippen molar-refractivity contribution in [2.24, 2.45) is 0 Å². The molecule has 2 rings (SSSR count). The number of ether oxygens (including phenoxy) is 1. The van der Waals surface area contributed by atoms with Gasteiger partial charge < -0.3 is 14.5 Å². The highest BCUT2D eigenvalue weighted by Crippen LogP contribution is 2.37. The average molecular weight is 319 g/mol. The summed E-state index contributed by atoms with van der Waals surface area (Å²) in [6.45, 7) is 12.5. The van der Waals surface area contributed by atoms with Crippen LogP contribution in [0.15, 0.2) is 18.3 Å². The first-order chi connectivity index (χ1) is 10.9. The van der Waals surface area contributed by atoms with E-state index in [-0.39, 0.29) is 12.1 Å². The summed E-state index contributed by atoms with van der Waals surface area (Å²) in [5.41, 5.74) is 0.653. The summed E-state index contributed by atoms with van der Waals surface area (Å²) < 4.78 is 5.58. The van der Waals surface area contributed by atoms with E-state index < -0.39 is 5.60 Å². The largest absolute Gasteiger partial charge is 0.444 e. The molecule has 0 saturated carbocycles. The molecule has 2 heterocycles. The number of anilines is 1. The monoisotopic (exact) mass is 319 g/mol. The summed E-state index contributed by atoms with van der Waals surface area (Å²) in [5, 5.41) is 0. The first-order valence-corrected chi connectivity index (χ1v) is 8.56. The van der Waals surface area contributed by atoms with Crippen molar-refractivity contribution >= 4 is 11.9 Å². The highest BCUT2D eigenvalue weighted by molar-refractivity contribution is 5.70. The summed E-state index contributed by atoms with van der Waals surface area (Å²) in [5.74, 6) is 0.984. The van der Waals surface area contributed by atoms with E-state index >= 15 is 0 Å². The second-order valence-corrected chi connectivity index (χ2v) is 6.92. The van der Waals surface area contributed by atoms with Crippen molar-refractivity contribution in [1.82, 2.24) is 9.88 Å². The number of aromatic nitrogens is 1. The molecule has 1 fully saturated rings. The zero-order valence-corrected chi connectivity index (χ0v) is 15.0. The normalized spacial score (nSPS) is 18.1. The van der Waals surface area contributed by atoms with Gasteiger partial charge in [-0.15, -0.1) is 0 Å². The number of carbonyl (C=O) groups is 1. The number of hydrogen-bond acceptors (Lipinski definition) is 4. The van der Waals surface area contributed by atoms with Crippen LogP contribution in [-0.4, -0.2) is 41.2 Å². The van der Waals surface area contributed by atoms with Crippen molar-refractivity contribution in [2.45, 2.75) is 59.1 Å². The molecule has 1 aliphatic heterocycles. The van der Waals surface area contributed by atoms with Crippen molar-refractivity contribution in [1.29, 1.82) is 0 Å². The number of hydrogen-bond donors (Lipinski definition) is 0. The summed E-state index contributed by atoms with van der Waals surface area (Å²) in [7, 11) is 0. The molecule has 1 amide bonds. The van der Waals surface area contributed by atoms with E-state index in [0.29, 0.717) is 0 Å². The third kappa shape index (κ3) is 4.15. The van der Waals surface area contributed by atoms with E-state index in [4.69, 9.17) is 4.74 Å². The van der Waals surface area contributed by atoms with E-state index in [2.05, 4.69) is 29.8 Å². The minimum Gasteiger partial charge on any atom is -0.444 e. The quantitative estimate of drug-likeness (QED) is 0.841. The van der Waals surface area contributed by atoms with E-state index in [1.54, 1.807) is 0 Å². The van der Waals surface area contributed by atoms with E-state index in [0.717, 1.165) is 43.9 Å². The molecule has 1 atom stereocenters. The maximum atomic E-state index is 12.5. The standard InChI is InChI=1S/C18H29N3O2/c1-6-20(7-2)16-14(10-8-12-19-16)15-11-9-13-21(15)17(22)23-18(3,4)5/h8,10,12,15H,6-7,9,11,13H2,1-5H3/t15-/m0/s1. The summed E-state index contributed by atoms with van der Waals surface area (Å²) in [6.07, 6.45) is 3.55. The number of carbonyl (C=O) groups excluding carboxylic acids is 1. The van der Waals surface area contributed by atoms with Crippen LogP contribution < -0.4 is 4.90 Å². The second-order valence-electron chi connectivity index (χ2n) is 6.92. The number of rotatable bonds is 4. The van der Waals surface area contributed by atoms with Crippen LogP contribution >= 0.6 is 0 Å². The minimum atomic E-state index is -0.471. The number of pyridine rings is 1. The zero-order valence-electron chi connectivity index (χ0n) is 15.0. The Morgan fingerprint density at radius 2 is 2.09 bits per heavy atom. The Morgan fingerprint density at radius 1 is 1.39 bits per heavy atom. The zero-order chi connectivity index (χ0) is 17.0. The molecule has 1 aliphatic rings. The molecule has 0 spiro atoms. The van der Waals surface area contributed by atoms with Gasteiger partial charge in [0.05, 0.1) is 6.04 Å². The van der Waals surface area contributed by atoms with Gasteiger partial charge in [-0.2, -0.15) is 0 Å². The molecule has 128 valence electrons. The first-order valence-electron chi connectivity index (χ1n) is 8.56. The van der Waals surface area contributed by atoms with Crippen LogP contribution in [0.4, 0.5) is 10.6 Å². The second kappa shape index (κ2) is 7.20. The smallest absolute Gasteiger partial charge is 0.410 e. The van der Waals surface area contributed by atoms with Crippen LogP contribution in [0.1, 0.15) is 59.1 Å². The highest BCUT2D eigenvalue weighted by Gasteiger charge is 2.35. The Balaban J connectivity index is 2.28. The molecule has 1 aromatic rings.